The molecule has 2 aromatic heterocycles. The van der Waals surface area contributed by atoms with Gasteiger partial charge >= 0.3 is 5.97 Å². The van der Waals surface area contributed by atoms with Gasteiger partial charge < -0.3 is 15.2 Å². The average molecular weight is 391 g/mol. The van der Waals surface area contributed by atoms with E-state index in [1.165, 1.54) is 17.7 Å². The number of rotatable bonds is 6. The second-order valence-electron chi connectivity index (χ2n) is 6.02. The first kappa shape index (κ1) is 17.9. The van der Waals surface area contributed by atoms with Crippen molar-refractivity contribution >= 4 is 39.0 Å². The van der Waals surface area contributed by atoms with Crippen molar-refractivity contribution in [1.29, 1.82) is 0 Å². The first-order valence-corrected chi connectivity index (χ1v) is 9.59. The number of hydrogen-bond acceptors (Lipinski definition) is 6. The standard InChI is InChI=1S/C21H17N3O3S/c1-2-27-16-8-6-13(7-9-16)17-11-28-20-18(17)19(22-12-23-20)24-15-5-3-4-14(10-15)21(25)26/h3-12H,2H2,1H3,(H,25,26)(H,22,23,24). The van der Waals surface area contributed by atoms with Crippen molar-refractivity contribution < 1.29 is 14.6 Å². The highest BCUT2D eigenvalue weighted by atomic mass is 32.1. The van der Waals surface area contributed by atoms with E-state index in [1.54, 1.807) is 18.2 Å². The van der Waals surface area contributed by atoms with Gasteiger partial charge in [-0.1, -0.05) is 18.2 Å². The topological polar surface area (TPSA) is 84.3 Å². The van der Waals surface area contributed by atoms with Crippen LogP contribution in [0.5, 0.6) is 5.75 Å². The summed E-state index contributed by atoms with van der Waals surface area (Å²) in [4.78, 5) is 20.9. The molecular weight excluding hydrogens is 374 g/mol. The van der Waals surface area contributed by atoms with E-state index in [-0.39, 0.29) is 5.56 Å². The lowest BCUT2D eigenvalue weighted by Crippen LogP contribution is -1.99. The summed E-state index contributed by atoms with van der Waals surface area (Å²) in [6, 6.07) is 14.5. The summed E-state index contributed by atoms with van der Waals surface area (Å²) >= 11 is 1.54. The number of aromatic carboxylic acids is 1. The van der Waals surface area contributed by atoms with Crippen molar-refractivity contribution in [1.82, 2.24) is 9.97 Å². The molecule has 0 saturated heterocycles. The maximum absolute atomic E-state index is 11.2. The summed E-state index contributed by atoms with van der Waals surface area (Å²) in [5.74, 6) is 0.491. The number of nitrogens with zero attached hydrogens (tertiary/aromatic N) is 2. The lowest BCUT2D eigenvalue weighted by Gasteiger charge is -2.09. The van der Waals surface area contributed by atoms with Crippen LogP contribution in [0.2, 0.25) is 0 Å². The fraction of sp³-hybridized carbons (Fsp3) is 0.0952. The third-order valence-corrected chi connectivity index (χ3v) is 5.11. The summed E-state index contributed by atoms with van der Waals surface area (Å²) in [5.41, 5.74) is 2.92. The fourth-order valence-electron chi connectivity index (χ4n) is 2.95. The van der Waals surface area contributed by atoms with Crippen LogP contribution in [0, 0.1) is 0 Å². The van der Waals surface area contributed by atoms with Gasteiger partial charge in [0.25, 0.3) is 0 Å². The number of thiophene rings is 1. The fourth-order valence-corrected chi connectivity index (χ4v) is 3.86. The summed E-state index contributed by atoms with van der Waals surface area (Å²) in [6.45, 7) is 2.58. The first-order valence-electron chi connectivity index (χ1n) is 8.71. The van der Waals surface area contributed by atoms with E-state index in [4.69, 9.17) is 4.74 Å². The van der Waals surface area contributed by atoms with Crippen molar-refractivity contribution in [2.75, 3.05) is 11.9 Å². The Labute approximate surface area is 165 Å². The number of carboxylic acid groups (broad SMARTS) is 1. The highest BCUT2D eigenvalue weighted by Gasteiger charge is 2.14. The Hall–Kier alpha value is -3.45. The van der Waals surface area contributed by atoms with Gasteiger partial charge in [-0.2, -0.15) is 0 Å². The lowest BCUT2D eigenvalue weighted by atomic mass is 10.1. The molecule has 0 amide bonds. The molecule has 0 atom stereocenters. The number of aromatic nitrogens is 2. The van der Waals surface area contributed by atoms with E-state index in [0.29, 0.717) is 18.1 Å². The van der Waals surface area contributed by atoms with Crippen molar-refractivity contribution in [2.24, 2.45) is 0 Å². The number of carboxylic acids is 1. The quantitative estimate of drug-likeness (QED) is 0.470. The number of fused-ring (bicyclic) bond motifs is 1. The van der Waals surface area contributed by atoms with E-state index in [2.05, 4.69) is 15.3 Å². The Morgan fingerprint density at radius 3 is 2.75 bits per heavy atom. The highest BCUT2D eigenvalue weighted by molar-refractivity contribution is 7.17. The molecule has 0 aliphatic carbocycles. The van der Waals surface area contributed by atoms with E-state index in [1.807, 2.05) is 42.6 Å². The molecule has 2 aromatic carbocycles. The number of anilines is 2. The van der Waals surface area contributed by atoms with Crippen molar-refractivity contribution in [2.45, 2.75) is 6.92 Å². The molecule has 4 aromatic rings. The third-order valence-electron chi connectivity index (χ3n) is 4.22. The Kier molecular flexibility index (Phi) is 4.90. The van der Waals surface area contributed by atoms with Crippen molar-refractivity contribution in [3.05, 3.63) is 65.8 Å². The molecule has 0 aliphatic heterocycles. The molecule has 0 fully saturated rings. The maximum Gasteiger partial charge on any atom is 0.335 e. The van der Waals surface area contributed by atoms with Crippen LogP contribution in [0.25, 0.3) is 21.3 Å². The van der Waals surface area contributed by atoms with E-state index < -0.39 is 5.97 Å². The van der Waals surface area contributed by atoms with Gasteiger partial charge in [-0.05, 0) is 42.8 Å². The van der Waals surface area contributed by atoms with Gasteiger partial charge in [-0.3, -0.25) is 0 Å². The molecule has 2 N–H and O–H groups in total. The zero-order valence-electron chi connectivity index (χ0n) is 15.0. The average Bonchev–Trinajstić information content (AvgIpc) is 3.14. The summed E-state index contributed by atoms with van der Waals surface area (Å²) in [7, 11) is 0. The zero-order valence-corrected chi connectivity index (χ0v) is 15.9. The van der Waals surface area contributed by atoms with Gasteiger partial charge in [0.1, 0.15) is 22.7 Å². The molecule has 0 unspecified atom stereocenters. The van der Waals surface area contributed by atoms with Gasteiger partial charge in [0, 0.05) is 16.6 Å². The number of carbonyl (C=O) groups is 1. The Morgan fingerprint density at radius 2 is 2.00 bits per heavy atom. The Morgan fingerprint density at radius 1 is 1.18 bits per heavy atom. The van der Waals surface area contributed by atoms with Crippen LogP contribution < -0.4 is 10.1 Å². The molecule has 0 bridgehead atoms. The maximum atomic E-state index is 11.2. The predicted molar refractivity (Wildman–Crippen MR) is 111 cm³/mol. The largest absolute Gasteiger partial charge is 0.494 e. The molecule has 4 rings (SSSR count). The van der Waals surface area contributed by atoms with E-state index in [0.717, 1.165) is 27.1 Å². The molecule has 7 heteroatoms. The number of benzene rings is 2. The normalized spacial score (nSPS) is 10.8. The van der Waals surface area contributed by atoms with Gasteiger partial charge in [0.15, 0.2) is 0 Å². The van der Waals surface area contributed by atoms with Gasteiger partial charge in [0.2, 0.25) is 0 Å². The van der Waals surface area contributed by atoms with Gasteiger partial charge in [-0.25, -0.2) is 14.8 Å². The Balaban J connectivity index is 1.75. The second kappa shape index (κ2) is 7.66. The van der Waals surface area contributed by atoms with E-state index in [9.17, 15) is 9.90 Å². The molecule has 28 heavy (non-hydrogen) atoms. The number of hydrogen-bond donors (Lipinski definition) is 2. The molecule has 0 spiro atoms. The first-order chi connectivity index (χ1) is 13.7. The lowest BCUT2D eigenvalue weighted by molar-refractivity contribution is 0.0697. The predicted octanol–water partition coefficient (Wildman–Crippen LogP) is 5.20. The highest BCUT2D eigenvalue weighted by Crippen LogP contribution is 2.37. The molecule has 2 heterocycles. The summed E-state index contributed by atoms with van der Waals surface area (Å²) in [6.07, 6.45) is 1.50. The van der Waals surface area contributed by atoms with Crippen molar-refractivity contribution in [3.8, 4) is 16.9 Å². The monoisotopic (exact) mass is 391 g/mol. The number of ether oxygens (including phenoxy) is 1. The minimum atomic E-state index is -0.970. The molecule has 0 saturated carbocycles. The van der Waals surface area contributed by atoms with Crippen LogP contribution in [0.4, 0.5) is 11.5 Å². The van der Waals surface area contributed by atoms with Gasteiger partial charge in [-0.15, -0.1) is 11.3 Å². The molecule has 0 radical (unpaired) electrons. The van der Waals surface area contributed by atoms with Crippen LogP contribution in [0.15, 0.2) is 60.2 Å². The van der Waals surface area contributed by atoms with Crippen LogP contribution in [-0.2, 0) is 0 Å². The van der Waals surface area contributed by atoms with Crippen LogP contribution in [0.1, 0.15) is 17.3 Å². The Bertz CT molecular complexity index is 1140. The van der Waals surface area contributed by atoms with E-state index >= 15 is 0 Å². The third kappa shape index (κ3) is 3.52. The number of nitrogens with one attached hydrogen (secondary N) is 1. The van der Waals surface area contributed by atoms with Crippen LogP contribution in [0.3, 0.4) is 0 Å². The minimum absolute atomic E-state index is 0.215. The summed E-state index contributed by atoms with van der Waals surface area (Å²) in [5, 5.41) is 15.4. The second-order valence-corrected chi connectivity index (χ2v) is 6.88. The molecule has 0 aliphatic rings. The van der Waals surface area contributed by atoms with Crippen LogP contribution >= 0.6 is 11.3 Å². The summed E-state index contributed by atoms with van der Waals surface area (Å²) < 4.78 is 5.52. The van der Waals surface area contributed by atoms with Crippen LogP contribution in [-0.4, -0.2) is 27.7 Å². The SMILES string of the molecule is CCOc1ccc(-c2csc3ncnc(Nc4cccc(C(=O)O)c4)c23)cc1. The molecule has 140 valence electrons. The van der Waals surface area contributed by atoms with Gasteiger partial charge in [0.05, 0.1) is 17.6 Å². The zero-order chi connectivity index (χ0) is 19.5. The van der Waals surface area contributed by atoms with Crippen molar-refractivity contribution in [3.63, 3.8) is 0 Å². The smallest absolute Gasteiger partial charge is 0.335 e. The molecule has 6 nitrogen and oxygen atoms in total. The minimum Gasteiger partial charge on any atom is -0.494 e. The molecular formula is C21H17N3O3S.